The van der Waals surface area contributed by atoms with Gasteiger partial charge in [-0.15, -0.1) is 0 Å². The number of halogens is 3. The molecule has 0 aliphatic carbocycles. The van der Waals surface area contributed by atoms with Gasteiger partial charge in [0.2, 0.25) is 0 Å². The third-order valence-corrected chi connectivity index (χ3v) is 3.46. The van der Waals surface area contributed by atoms with E-state index in [-0.39, 0.29) is 0 Å². The molecule has 2 atom stereocenters. The first-order valence-corrected chi connectivity index (χ1v) is 6.58. The van der Waals surface area contributed by atoms with Gasteiger partial charge in [0.25, 0.3) is 0 Å². The highest BCUT2D eigenvalue weighted by Gasteiger charge is 2.30. The van der Waals surface area contributed by atoms with E-state index in [9.17, 15) is 13.2 Å². The Hall–Kier alpha value is -1.23. The molecule has 2 rings (SSSR count). The van der Waals surface area contributed by atoms with Crippen molar-refractivity contribution in [2.75, 3.05) is 18.4 Å². The Bertz CT molecular complexity index is 417. The van der Waals surface area contributed by atoms with Crippen LogP contribution in [0.15, 0.2) is 24.3 Å². The predicted octanol–water partition coefficient (Wildman–Crippen LogP) is 3.52. The molecular formula is C14H19F3N2. The molecule has 1 heterocycles. The lowest BCUT2D eigenvalue weighted by Crippen LogP contribution is -2.32. The van der Waals surface area contributed by atoms with Crippen LogP contribution in [0.1, 0.15) is 31.2 Å². The van der Waals surface area contributed by atoms with Crippen LogP contribution in [0.3, 0.4) is 0 Å². The molecule has 1 aliphatic rings. The molecular weight excluding hydrogens is 253 g/mol. The van der Waals surface area contributed by atoms with Gasteiger partial charge in [-0.2, -0.15) is 13.2 Å². The normalized spacial score (nSPS) is 19.9. The second-order valence-corrected chi connectivity index (χ2v) is 5.13. The second kappa shape index (κ2) is 5.82. The van der Waals surface area contributed by atoms with Crippen LogP contribution >= 0.6 is 0 Å². The van der Waals surface area contributed by atoms with Gasteiger partial charge in [0.1, 0.15) is 0 Å². The van der Waals surface area contributed by atoms with Gasteiger partial charge in [-0.1, -0.05) is 18.2 Å². The molecule has 0 saturated carbocycles. The Kier molecular flexibility index (Phi) is 4.34. The van der Waals surface area contributed by atoms with E-state index in [1.54, 1.807) is 6.92 Å². The zero-order chi connectivity index (χ0) is 13.9. The number of para-hydroxylation sites is 1. The lowest BCUT2D eigenvalue weighted by atomic mass is 9.98. The summed E-state index contributed by atoms with van der Waals surface area (Å²) in [6.07, 6.45) is -4.01. The maximum Gasteiger partial charge on any atom is 0.390 e. The third kappa shape index (κ3) is 4.13. The van der Waals surface area contributed by atoms with Crippen LogP contribution in [0.2, 0.25) is 0 Å². The smallest absolute Gasteiger partial charge is 0.384 e. The van der Waals surface area contributed by atoms with E-state index in [0.29, 0.717) is 12.5 Å². The fourth-order valence-corrected chi connectivity index (χ4v) is 2.54. The molecule has 19 heavy (non-hydrogen) atoms. The van der Waals surface area contributed by atoms with Gasteiger partial charge in [-0.3, -0.25) is 0 Å². The maximum atomic E-state index is 12.2. The van der Waals surface area contributed by atoms with Crippen LogP contribution in [-0.2, 0) is 0 Å². The topological polar surface area (TPSA) is 24.1 Å². The van der Waals surface area contributed by atoms with Crippen molar-refractivity contribution in [3.05, 3.63) is 29.8 Å². The lowest BCUT2D eigenvalue weighted by Gasteiger charge is -2.17. The Labute approximate surface area is 111 Å². The average molecular weight is 272 g/mol. The first kappa shape index (κ1) is 14.2. The van der Waals surface area contributed by atoms with Crippen LogP contribution < -0.4 is 10.6 Å². The van der Waals surface area contributed by atoms with E-state index in [2.05, 4.69) is 16.7 Å². The van der Waals surface area contributed by atoms with Crippen molar-refractivity contribution in [3.63, 3.8) is 0 Å². The van der Waals surface area contributed by atoms with Gasteiger partial charge in [0.05, 0.1) is 6.42 Å². The van der Waals surface area contributed by atoms with Gasteiger partial charge in [0, 0.05) is 24.2 Å². The first-order valence-electron chi connectivity index (χ1n) is 6.58. The molecule has 1 aromatic carbocycles. The number of hydrogen-bond acceptors (Lipinski definition) is 2. The number of alkyl halides is 3. The summed E-state index contributed by atoms with van der Waals surface area (Å²) < 4.78 is 36.5. The highest BCUT2D eigenvalue weighted by Crippen LogP contribution is 2.32. The highest BCUT2D eigenvalue weighted by molar-refractivity contribution is 5.57. The number of fused-ring (bicyclic) bond motifs is 1. The van der Waals surface area contributed by atoms with Crippen LogP contribution in [0, 0.1) is 0 Å². The molecule has 0 saturated heterocycles. The van der Waals surface area contributed by atoms with Crippen LogP contribution in [0.5, 0.6) is 0 Å². The van der Waals surface area contributed by atoms with Gasteiger partial charge in [0.15, 0.2) is 0 Å². The highest BCUT2D eigenvalue weighted by atomic mass is 19.4. The van der Waals surface area contributed by atoms with Gasteiger partial charge >= 0.3 is 6.18 Å². The third-order valence-electron chi connectivity index (χ3n) is 3.46. The Morgan fingerprint density at radius 2 is 2.11 bits per heavy atom. The van der Waals surface area contributed by atoms with Crippen LogP contribution in [0.25, 0.3) is 0 Å². The quantitative estimate of drug-likeness (QED) is 0.857. The summed E-state index contributed by atoms with van der Waals surface area (Å²) in [4.78, 5) is 0. The maximum absolute atomic E-state index is 12.2. The minimum absolute atomic E-state index is 0.391. The number of anilines is 1. The van der Waals surface area contributed by atoms with Crippen molar-refractivity contribution < 1.29 is 13.2 Å². The van der Waals surface area contributed by atoms with Crippen molar-refractivity contribution in [3.8, 4) is 0 Å². The van der Waals surface area contributed by atoms with E-state index < -0.39 is 18.6 Å². The van der Waals surface area contributed by atoms with E-state index >= 15 is 0 Å². The Morgan fingerprint density at radius 1 is 1.37 bits per heavy atom. The molecule has 5 heteroatoms. The molecule has 0 radical (unpaired) electrons. The molecule has 0 aromatic heterocycles. The molecule has 2 nitrogen and oxygen atoms in total. The summed E-state index contributed by atoms with van der Waals surface area (Å²) in [5.74, 6) is 0.391. The van der Waals surface area contributed by atoms with E-state index in [1.165, 1.54) is 5.56 Å². The molecule has 1 aliphatic heterocycles. The zero-order valence-electron chi connectivity index (χ0n) is 10.9. The Balaban J connectivity index is 1.76. The fraction of sp³-hybridized carbons (Fsp3) is 0.571. The van der Waals surface area contributed by atoms with E-state index in [4.69, 9.17) is 0 Å². The average Bonchev–Trinajstić information content (AvgIpc) is 2.70. The van der Waals surface area contributed by atoms with Gasteiger partial charge in [-0.05, 0) is 31.5 Å². The van der Waals surface area contributed by atoms with Gasteiger partial charge < -0.3 is 10.6 Å². The molecule has 0 spiro atoms. The molecule has 0 fully saturated rings. The van der Waals surface area contributed by atoms with Crippen molar-refractivity contribution in [2.45, 2.75) is 37.9 Å². The molecule has 1 aromatic rings. The van der Waals surface area contributed by atoms with E-state index in [1.807, 2.05) is 18.2 Å². The summed E-state index contributed by atoms with van der Waals surface area (Å²) in [6, 6.07) is 7.58. The van der Waals surface area contributed by atoms with Crippen molar-refractivity contribution in [2.24, 2.45) is 0 Å². The first-order chi connectivity index (χ1) is 8.96. The molecule has 0 amide bonds. The zero-order valence-corrected chi connectivity index (χ0v) is 10.9. The molecule has 2 unspecified atom stereocenters. The van der Waals surface area contributed by atoms with E-state index in [0.717, 1.165) is 18.7 Å². The standard InChI is InChI=1S/C14H19F3N2/c1-10(8-14(15,16)17)18-7-6-11-9-19-13-5-3-2-4-12(11)13/h2-5,10-11,18-19H,6-9H2,1H3. The van der Waals surface area contributed by atoms with Crippen LogP contribution in [0.4, 0.5) is 18.9 Å². The summed E-state index contributed by atoms with van der Waals surface area (Å²) in [6.45, 7) is 3.06. The number of hydrogen-bond donors (Lipinski definition) is 2. The molecule has 2 N–H and O–H groups in total. The summed E-state index contributed by atoms with van der Waals surface area (Å²) in [7, 11) is 0. The van der Waals surface area contributed by atoms with Crippen molar-refractivity contribution >= 4 is 5.69 Å². The second-order valence-electron chi connectivity index (χ2n) is 5.13. The minimum atomic E-state index is -4.09. The number of nitrogens with one attached hydrogen (secondary N) is 2. The number of benzene rings is 1. The Morgan fingerprint density at radius 3 is 2.84 bits per heavy atom. The molecule has 106 valence electrons. The van der Waals surface area contributed by atoms with Gasteiger partial charge in [-0.25, -0.2) is 0 Å². The number of rotatable bonds is 5. The van der Waals surface area contributed by atoms with Crippen LogP contribution in [-0.4, -0.2) is 25.3 Å². The lowest BCUT2D eigenvalue weighted by molar-refractivity contribution is -0.139. The summed E-state index contributed by atoms with van der Waals surface area (Å²) in [5.41, 5.74) is 2.42. The largest absolute Gasteiger partial charge is 0.390 e. The predicted molar refractivity (Wildman–Crippen MR) is 70.4 cm³/mol. The monoisotopic (exact) mass is 272 g/mol. The fourth-order valence-electron chi connectivity index (χ4n) is 2.54. The summed E-state index contributed by atoms with van der Waals surface area (Å²) >= 11 is 0. The SMILES string of the molecule is CC(CC(F)(F)F)NCCC1CNc2ccccc21. The van der Waals surface area contributed by atoms with Crippen molar-refractivity contribution in [1.82, 2.24) is 5.32 Å². The minimum Gasteiger partial charge on any atom is -0.384 e. The van der Waals surface area contributed by atoms with Crippen molar-refractivity contribution in [1.29, 1.82) is 0 Å². The summed E-state index contributed by atoms with van der Waals surface area (Å²) in [5, 5.41) is 6.27. The molecule has 0 bridgehead atoms.